The smallest absolute Gasteiger partial charge is 0.272 e. The van der Waals surface area contributed by atoms with Gasteiger partial charge in [0.2, 0.25) is 5.91 Å². The number of amides is 3. The molecule has 0 fully saturated rings. The fourth-order valence-corrected chi connectivity index (χ4v) is 4.97. The molecule has 1 unspecified atom stereocenters. The Morgan fingerprint density at radius 3 is 2.38 bits per heavy atom. The van der Waals surface area contributed by atoms with E-state index in [-0.39, 0.29) is 16.9 Å². The lowest BCUT2D eigenvalue weighted by atomic mass is 10.1. The molecule has 0 spiro atoms. The summed E-state index contributed by atoms with van der Waals surface area (Å²) in [5.41, 5.74) is 1.63. The van der Waals surface area contributed by atoms with Crippen molar-refractivity contribution < 1.29 is 19.1 Å². The highest BCUT2D eigenvalue weighted by Gasteiger charge is 2.20. The van der Waals surface area contributed by atoms with Crippen molar-refractivity contribution in [3.05, 3.63) is 120 Å². The molecule has 3 N–H and O–H groups in total. The first kappa shape index (κ1) is 30.1. The molecule has 9 heteroatoms. The normalized spacial score (nSPS) is 11.7. The van der Waals surface area contributed by atoms with Crippen LogP contribution in [-0.2, 0) is 9.59 Å². The van der Waals surface area contributed by atoms with E-state index in [9.17, 15) is 14.4 Å². The van der Waals surface area contributed by atoms with Gasteiger partial charge in [-0.25, -0.2) is 4.98 Å². The third-order valence-corrected chi connectivity index (χ3v) is 7.36. The van der Waals surface area contributed by atoms with Gasteiger partial charge < -0.3 is 20.7 Å². The van der Waals surface area contributed by atoms with Gasteiger partial charge in [0.1, 0.15) is 17.3 Å². The number of anilines is 2. The fraction of sp³-hybridized carbons (Fsp3) is 0.152. The van der Waals surface area contributed by atoms with E-state index < -0.39 is 11.8 Å². The van der Waals surface area contributed by atoms with Gasteiger partial charge in [0.25, 0.3) is 11.8 Å². The first-order valence-corrected chi connectivity index (χ1v) is 14.4. The van der Waals surface area contributed by atoms with E-state index in [2.05, 4.69) is 20.9 Å². The van der Waals surface area contributed by atoms with Gasteiger partial charge in [-0.3, -0.25) is 14.4 Å². The minimum absolute atomic E-state index is 0.0511. The molecule has 0 bridgehead atoms. The lowest BCUT2D eigenvalue weighted by molar-refractivity contribution is -0.116. The van der Waals surface area contributed by atoms with Gasteiger partial charge in [-0.05, 0) is 68.0 Å². The average molecular weight is 581 g/mol. The van der Waals surface area contributed by atoms with E-state index >= 15 is 0 Å². The molecular weight excluding hydrogens is 548 g/mol. The number of thioether (sulfide) groups is 1. The number of pyridine rings is 1. The highest BCUT2D eigenvalue weighted by molar-refractivity contribution is 8.00. The molecule has 4 aromatic rings. The molecule has 3 amide bonds. The summed E-state index contributed by atoms with van der Waals surface area (Å²) in [6.07, 6.45) is 3.81. The monoisotopic (exact) mass is 580 g/mol. The molecule has 1 aromatic heterocycles. The number of benzene rings is 3. The Hall–Kier alpha value is -4.89. The Morgan fingerprint density at radius 1 is 0.881 bits per heavy atom. The van der Waals surface area contributed by atoms with E-state index in [1.54, 1.807) is 72.9 Å². The van der Waals surface area contributed by atoms with Crippen LogP contribution in [0.3, 0.4) is 0 Å². The van der Waals surface area contributed by atoms with Gasteiger partial charge in [-0.1, -0.05) is 55.5 Å². The molecule has 1 atom stereocenters. The number of para-hydroxylation sites is 1. The van der Waals surface area contributed by atoms with Crippen LogP contribution in [0.1, 0.15) is 36.2 Å². The van der Waals surface area contributed by atoms with E-state index in [1.165, 1.54) is 11.8 Å². The molecule has 214 valence electrons. The summed E-state index contributed by atoms with van der Waals surface area (Å²) in [6, 6.07) is 28.5. The van der Waals surface area contributed by atoms with Crippen LogP contribution in [-0.4, -0.2) is 34.6 Å². The van der Waals surface area contributed by atoms with Crippen molar-refractivity contribution in [1.82, 2.24) is 10.3 Å². The van der Waals surface area contributed by atoms with Crippen molar-refractivity contribution >= 4 is 47.1 Å². The maximum atomic E-state index is 13.5. The van der Waals surface area contributed by atoms with Crippen LogP contribution in [0.2, 0.25) is 0 Å². The van der Waals surface area contributed by atoms with Crippen LogP contribution in [0.5, 0.6) is 5.75 Å². The zero-order chi connectivity index (χ0) is 29.7. The Morgan fingerprint density at radius 2 is 1.64 bits per heavy atom. The summed E-state index contributed by atoms with van der Waals surface area (Å²) in [4.78, 5) is 44.4. The molecule has 8 nitrogen and oxygen atoms in total. The zero-order valence-electron chi connectivity index (χ0n) is 23.4. The van der Waals surface area contributed by atoms with Gasteiger partial charge in [0.15, 0.2) is 0 Å². The molecule has 0 aliphatic heterocycles. The van der Waals surface area contributed by atoms with Crippen LogP contribution in [0.15, 0.2) is 114 Å². The number of nitrogens with one attached hydrogen (secondary N) is 3. The molecule has 0 radical (unpaired) electrons. The number of hydrogen-bond donors (Lipinski definition) is 3. The summed E-state index contributed by atoms with van der Waals surface area (Å²) in [5.74, 6) is 0.00241. The maximum absolute atomic E-state index is 13.5. The van der Waals surface area contributed by atoms with Crippen LogP contribution in [0, 0.1) is 0 Å². The summed E-state index contributed by atoms with van der Waals surface area (Å²) >= 11 is 1.39. The van der Waals surface area contributed by atoms with Crippen molar-refractivity contribution in [3.8, 4) is 5.75 Å². The number of aromatic nitrogens is 1. The van der Waals surface area contributed by atoms with Crippen molar-refractivity contribution in [2.75, 3.05) is 17.2 Å². The maximum Gasteiger partial charge on any atom is 0.272 e. The SMILES string of the molecule is CCOc1ccccc1/C=C(/NC(=O)c1ccccc1)C(=O)Nc1cccc(SC(CC)C(=O)Nc2ccccn2)c1. The average Bonchev–Trinajstić information content (AvgIpc) is 3.01. The summed E-state index contributed by atoms with van der Waals surface area (Å²) in [7, 11) is 0. The Labute approximate surface area is 249 Å². The Bertz CT molecular complexity index is 1540. The standard InChI is InChI=1S/C33H32N4O4S/c1-3-29(33(40)37-30-19-10-11-20-34-30)42-26-17-12-16-25(22-26)35-32(39)27(36-31(38)23-13-6-5-7-14-23)21-24-15-8-9-18-28(24)41-4-2/h5-22,29H,3-4H2,1-2H3,(H,35,39)(H,36,38)(H,34,37,40)/b27-21+. The first-order valence-electron chi connectivity index (χ1n) is 13.6. The molecule has 4 rings (SSSR count). The largest absolute Gasteiger partial charge is 0.493 e. The van der Waals surface area contributed by atoms with E-state index in [0.29, 0.717) is 41.4 Å². The van der Waals surface area contributed by atoms with Crippen LogP contribution < -0.4 is 20.7 Å². The molecule has 0 aliphatic carbocycles. The number of ether oxygens (including phenoxy) is 1. The van der Waals surface area contributed by atoms with Gasteiger partial charge in [-0.2, -0.15) is 0 Å². The van der Waals surface area contributed by atoms with Gasteiger partial charge in [0.05, 0.1) is 11.9 Å². The number of rotatable bonds is 12. The first-order chi connectivity index (χ1) is 20.5. The molecular formula is C33H32N4O4S. The number of hydrogen-bond acceptors (Lipinski definition) is 6. The Kier molecular flexibility index (Phi) is 10.9. The highest BCUT2D eigenvalue weighted by atomic mass is 32.2. The van der Waals surface area contributed by atoms with E-state index in [1.807, 2.05) is 50.2 Å². The Balaban J connectivity index is 1.54. The molecule has 1 heterocycles. The van der Waals surface area contributed by atoms with Crippen LogP contribution >= 0.6 is 11.8 Å². The topological polar surface area (TPSA) is 109 Å². The lowest BCUT2D eigenvalue weighted by Gasteiger charge is -2.16. The number of carbonyl (C=O) groups excluding carboxylic acids is 3. The third kappa shape index (κ3) is 8.55. The van der Waals surface area contributed by atoms with Gasteiger partial charge >= 0.3 is 0 Å². The van der Waals surface area contributed by atoms with Crippen molar-refractivity contribution in [1.29, 1.82) is 0 Å². The fourth-order valence-electron chi connectivity index (χ4n) is 3.96. The van der Waals surface area contributed by atoms with Crippen molar-refractivity contribution in [3.63, 3.8) is 0 Å². The minimum atomic E-state index is -0.507. The number of nitrogens with zero attached hydrogens (tertiary/aromatic N) is 1. The van der Waals surface area contributed by atoms with Gasteiger partial charge in [-0.15, -0.1) is 11.8 Å². The van der Waals surface area contributed by atoms with E-state index in [0.717, 1.165) is 4.90 Å². The molecule has 0 saturated carbocycles. The van der Waals surface area contributed by atoms with Crippen LogP contribution in [0.4, 0.5) is 11.5 Å². The van der Waals surface area contributed by atoms with Crippen LogP contribution in [0.25, 0.3) is 6.08 Å². The summed E-state index contributed by atoms with van der Waals surface area (Å²) < 4.78 is 5.72. The summed E-state index contributed by atoms with van der Waals surface area (Å²) in [6.45, 7) is 4.27. The summed E-state index contributed by atoms with van der Waals surface area (Å²) in [5, 5.41) is 8.12. The van der Waals surface area contributed by atoms with Crippen molar-refractivity contribution in [2.45, 2.75) is 30.4 Å². The predicted molar refractivity (Wildman–Crippen MR) is 167 cm³/mol. The molecule has 0 saturated heterocycles. The van der Waals surface area contributed by atoms with E-state index in [4.69, 9.17) is 4.74 Å². The molecule has 42 heavy (non-hydrogen) atoms. The second-order valence-corrected chi connectivity index (χ2v) is 10.3. The minimum Gasteiger partial charge on any atom is -0.493 e. The van der Waals surface area contributed by atoms with Crippen molar-refractivity contribution in [2.24, 2.45) is 0 Å². The predicted octanol–water partition coefficient (Wildman–Crippen LogP) is 6.40. The third-order valence-electron chi connectivity index (χ3n) is 6.00. The second-order valence-electron chi connectivity index (χ2n) is 9.05. The molecule has 0 aliphatic rings. The lowest BCUT2D eigenvalue weighted by Crippen LogP contribution is -2.30. The highest BCUT2D eigenvalue weighted by Crippen LogP contribution is 2.29. The second kappa shape index (κ2) is 15.2. The zero-order valence-corrected chi connectivity index (χ0v) is 24.2. The van der Waals surface area contributed by atoms with Gasteiger partial charge in [0, 0.05) is 27.9 Å². The quantitative estimate of drug-likeness (QED) is 0.132. The number of carbonyl (C=O) groups is 3. The molecule has 3 aromatic carbocycles.